The summed E-state index contributed by atoms with van der Waals surface area (Å²) in [6.45, 7) is 3.12. The van der Waals surface area contributed by atoms with Crippen molar-refractivity contribution >= 4 is 34.2 Å². The average molecular weight is 535 g/mol. The number of anilines is 2. The van der Waals surface area contributed by atoms with Crippen LogP contribution in [0.5, 0.6) is 0 Å². The number of imidazole rings is 1. The number of likely N-dealkylation sites (tertiary alicyclic amines) is 1. The zero-order chi connectivity index (χ0) is 27.6. The third kappa shape index (κ3) is 5.23. The van der Waals surface area contributed by atoms with E-state index in [1.165, 1.54) is 37.0 Å². The molecule has 1 aromatic heterocycles. The Bertz CT molecular complexity index is 1600. The van der Waals surface area contributed by atoms with Crippen molar-refractivity contribution < 1.29 is 9.72 Å². The molecule has 3 aromatic carbocycles. The number of nitrogens with zero attached hydrogens (tertiary/aromatic N) is 4. The zero-order valence-electron chi connectivity index (χ0n) is 22.3. The van der Waals surface area contributed by atoms with Crippen LogP contribution in [0, 0.1) is 10.1 Å². The number of benzene rings is 3. The highest BCUT2D eigenvalue weighted by Crippen LogP contribution is 2.39. The molecule has 0 aliphatic carbocycles. The highest BCUT2D eigenvalue weighted by molar-refractivity contribution is 6.37. The number of piperidine rings is 1. The Hall–Kier alpha value is -4.76. The summed E-state index contributed by atoms with van der Waals surface area (Å²) in [6, 6.07) is 20.5. The topological polar surface area (TPSA) is 105 Å². The van der Waals surface area contributed by atoms with Crippen LogP contribution in [0.3, 0.4) is 0 Å². The first-order valence-corrected chi connectivity index (χ1v) is 13.5. The van der Waals surface area contributed by atoms with E-state index in [0.29, 0.717) is 22.5 Å². The Morgan fingerprint density at radius 2 is 1.77 bits per heavy atom. The van der Waals surface area contributed by atoms with E-state index in [0.717, 1.165) is 42.1 Å². The lowest BCUT2D eigenvalue weighted by Gasteiger charge is -2.26. The van der Waals surface area contributed by atoms with Crippen molar-refractivity contribution in [1.29, 1.82) is 0 Å². The van der Waals surface area contributed by atoms with E-state index in [-0.39, 0.29) is 11.6 Å². The lowest BCUT2D eigenvalue weighted by atomic mass is 9.98. The van der Waals surface area contributed by atoms with Crippen LogP contribution < -0.4 is 10.6 Å². The molecule has 1 saturated heterocycles. The van der Waals surface area contributed by atoms with E-state index in [4.69, 9.17) is 0 Å². The molecule has 4 aromatic rings. The molecule has 1 amide bonds. The lowest BCUT2D eigenvalue weighted by molar-refractivity contribution is -0.384. The summed E-state index contributed by atoms with van der Waals surface area (Å²) in [6.07, 6.45) is 7.47. The number of nitro benzene ring substituents is 1. The highest BCUT2D eigenvalue weighted by atomic mass is 16.6. The molecule has 40 heavy (non-hydrogen) atoms. The molecule has 0 atom stereocenters. The number of fused-ring (bicyclic) bond motifs is 1. The minimum atomic E-state index is -0.445. The highest BCUT2D eigenvalue weighted by Gasteiger charge is 2.30. The fourth-order valence-corrected chi connectivity index (χ4v) is 5.38. The molecule has 9 heteroatoms. The molecule has 202 valence electrons. The monoisotopic (exact) mass is 534 g/mol. The maximum absolute atomic E-state index is 13.3. The predicted molar refractivity (Wildman–Crippen MR) is 156 cm³/mol. The number of amides is 1. The lowest BCUT2D eigenvalue weighted by Crippen LogP contribution is -2.29. The fourth-order valence-electron chi connectivity index (χ4n) is 5.38. The van der Waals surface area contributed by atoms with Crippen LogP contribution in [-0.4, -0.2) is 38.4 Å². The van der Waals surface area contributed by atoms with E-state index in [1.807, 2.05) is 54.2 Å². The predicted octanol–water partition coefficient (Wildman–Crippen LogP) is 5.91. The molecule has 0 unspecified atom stereocenters. The van der Waals surface area contributed by atoms with Gasteiger partial charge in [0.2, 0.25) is 0 Å². The molecular formula is C31H30N6O3. The van der Waals surface area contributed by atoms with Crippen molar-refractivity contribution in [2.24, 2.45) is 7.05 Å². The number of hydrogen-bond donors (Lipinski definition) is 2. The summed E-state index contributed by atoms with van der Waals surface area (Å²) >= 11 is 0. The molecule has 2 N–H and O–H groups in total. The summed E-state index contributed by atoms with van der Waals surface area (Å²) in [5, 5.41) is 17.9. The van der Waals surface area contributed by atoms with Gasteiger partial charge in [-0.2, -0.15) is 0 Å². The molecule has 2 aliphatic heterocycles. The Kier molecular flexibility index (Phi) is 6.88. The second-order valence-electron chi connectivity index (χ2n) is 10.4. The molecular weight excluding hydrogens is 504 g/mol. The van der Waals surface area contributed by atoms with Crippen molar-refractivity contribution in [2.75, 3.05) is 23.7 Å². The van der Waals surface area contributed by atoms with Crippen LogP contribution in [0.4, 0.5) is 17.1 Å². The number of carbonyl (C=O) groups excluding carboxylic acids is 1. The van der Waals surface area contributed by atoms with Crippen molar-refractivity contribution in [3.05, 3.63) is 106 Å². The van der Waals surface area contributed by atoms with Crippen LogP contribution in [0.1, 0.15) is 36.0 Å². The van der Waals surface area contributed by atoms with Gasteiger partial charge < -0.3 is 15.2 Å². The Morgan fingerprint density at radius 3 is 2.45 bits per heavy atom. The van der Waals surface area contributed by atoms with Crippen molar-refractivity contribution in [3.8, 4) is 11.3 Å². The third-order valence-corrected chi connectivity index (χ3v) is 7.46. The van der Waals surface area contributed by atoms with Gasteiger partial charge in [-0.3, -0.25) is 19.8 Å². The third-order valence-electron chi connectivity index (χ3n) is 7.46. The molecule has 9 nitrogen and oxygen atoms in total. The number of hydrogen-bond acceptors (Lipinski definition) is 6. The number of aromatic nitrogens is 2. The van der Waals surface area contributed by atoms with Crippen LogP contribution in [-0.2, 0) is 18.4 Å². The first-order valence-electron chi connectivity index (χ1n) is 13.5. The Balaban J connectivity index is 1.38. The smallest absolute Gasteiger partial charge is 0.270 e. The van der Waals surface area contributed by atoms with Crippen LogP contribution in [0.2, 0.25) is 0 Å². The first kappa shape index (κ1) is 25.5. The number of rotatable bonds is 7. The molecule has 6 rings (SSSR count). The maximum atomic E-state index is 13.3. The van der Waals surface area contributed by atoms with Gasteiger partial charge in [-0.05, 0) is 55.3 Å². The molecule has 1 fully saturated rings. The fraction of sp³-hybridized carbons (Fsp3) is 0.226. The van der Waals surface area contributed by atoms with E-state index in [9.17, 15) is 14.9 Å². The van der Waals surface area contributed by atoms with Gasteiger partial charge in [-0.1, -0.05) is 42.8 Å². The molecule has 0 spiro atoms. The van der Waals surface area contributed by atoms with E-state index in [1.54, 1.807) is 12.4 Å². The number of nitrogens with one attached hydrogen (secondary N) is 2. The zero-order valence-corrected chi connectivity index (χ0v) is 22.3. The minimum absolute atomic E-state index is 0.0660. The van der Waals surface area contributed by atoms with Crippen molar-refractivity contribution in [2.45, 2.75) is 25.8 Å². The van der Waals surface area contributed by atoms with Crippen molar-refractivity contribution in [3.63, 3.8) is 0 Å². The normalized spacial score (nSPS) is 16.4. The summed E-state index contributed by atoms with van der Waals surface area (Å²) in [5.74, 6) is -0.305. The Morgan fingerprint density at radius 1 is 1.02 bits per heavy atom. The molecule has 3 heterocycles. The standard InChI is InChI=1S/C31H30N6O3/c1-35-19-28(32-20-35)22-9-11-24(12-10-22)33-30(23-7-5-21(6-8-23)18-36-15-3-2-4-16-36)29-26-17-25(37(39)40)13-14-27(26)34-31(29)38/h5-14,17,19-20,33H,2-4,15-16,18H2,1H3,(H,34,38)/b30-29-. The SMILES string of the molecule is Cn1cnc(-c2ccc(N/C(=C3\C(=O)Nc4ccc([N+](=O)[O-])cc43)c3ccc(CN4CCCCC4)cc3)cc2)c1. The molecule has 0 bridgehead atoms. The van der Waals surface area contributed by atoms with Crippen LogP contribution in [0.15, 0.2) is 79.3 Å². The van der Waals surface area contributed by atoms with Gasteiger partial charge >= 0.3 is 0 Å². The summed E-state index contributed by atoms with van der Waals surface area (Å²) in [7, 11) is 1.93. The second-order valence-corrected chi connectivity index (χ2v) is 10.4. The van der Waals surface area contributed by atoms with Crippen LogP contribution in [0.25, 0.3) is 22.5 Å². The molecule has 2 aliphatic rings. The largest absolute Gasteiger partial charge is 0.354 e. The van der Waals surface area contributed by atoms with Gasteiger partial charge in [-0.15, -0.1) is 0 Å². The van der Waals surface area contributed by atoms with E-state index < -0.39 is 4.92 Å². The van der Waals surface area contributed by atoms with Crippen LogP contribution >= 0.6 is 0 Å². The maximum Gasteiger partial charge on any atom is 0.270 e. The van der Waals surface area contributed by atoms with Gasteiger partial charge in [0.15, 0.2) is 0 Å². The minimum Gasteiger partial charge on any atom is -0.354 e. The summed E-state index contributed by atoms with van der Waals surface area (Å²) in [4.78, 5) is 31.3. The first-order chi connectivity index (χ1) is 19.4. The van der Waals surface area contributed by atoms with Crippen molar-refractivity contribution in [1.82, 2.24) is 14.5 Å². The summed E-state index contributed by atoms with van der Waals surface area (Å²) in [5.41, 5.74) is 6.61. The quantitative estimate of drug-likeness (QED) is 0.173. The number of aryl methyl sites for hydroxylation is 1. The van der Waals surface area contributed by atoms with E-state index >= 15 is 0 Å². The second kappa shape index (κ2) is 10.8. The summed E-state index contributed by atoms with van der Waals surface area (Å²) < 4.78 is 1.90. The van der Waals surface area contributed by atoms with Gasteiger partial charge in [0.05, 0.1) is 28.2 Å². The van der Waals surface area contributed by atoms with E-state index in [2.05, 4.69) is 32.7 Å². The number of non-ortho nitro benzene ring substituents is 1. The van der Waals surface area contributed by atoms with Gasteiger partial charge in [0.1, 0.15) is 0 Å². The number of nitro groups is 1. The Labute approximate surface area is 232 Å². The molecule has 0 radical (unpaired) electrons. The van der Waals surface area contributed by atoms with Gasteiger partial charge in [0.25, 0.3) is 11.6 Å². The van der Waals surface area contributed by atoms with Gasteiger partial charge in [-0.25, -0.2) is 4.98 Å². The average Bonchev–Trinajstić information content (AvgIpc) is 3.55. The molecule has 0 saturated carbocycles. The van der Waals surface area contributed by atoms with Gasteiger partial charge in [0, 0.05) is 54.4 Å². The number of carbonyl (C=O) groups is 1.